The Morgan fingerprint density at radius 3 is 2.50 bits per heavy atom. The van der Waals surface area contributed by atoms with Crippen LogP contribution in [0.5, 0.6) is 0 Å². The van der Waals surface area contributed by atoms with Crippen molar-refractivity contribution >= 4 is 11.8 Å². The molecule has 0 spiro atoms. The molecule has 12 heavy (non-hydrogen) atoms. The first kappa shape index (κ1) is 10.2. The number of hydrogen-bond acceptors (Lipinski definition) is 1. The second-order valence-corrected chi connectivity index (χ2v) is 5.31. The van der Waals surface area contributed by atoms with Crippen LogP contribution >= 0.6 is 11.8 Å². The number of thioether (sulfide) groups is 1. The van der Waals surface area contributed by atoms with Gasteiger partial charge in [0.2, 0.25) is 0 Å². The van der Waals surface area contributed by atoms with Crippen LogP contribution in [0.15, 0.2) is 12.2 Å². The van der Waals surface area contributed by atoms with E-state index in [1.807, 2.05) is 0 Å². The molecule has 0 aromatic rings. The van der Waals surface area contributed by atoms with Crippen molar-refractivity contribution in [3.63, 3.8) is 0 Å². The van der Waals surface area contributed by atoms with Crippen molar-refractivity contribution in [2.24, 2.45) is 0 Å². The zero-order valence-corrected chi connectivity index (χ0v) is 9.07. The van der Waals surface area contributed by atoms with Gasteiger partial charge in [0.25, 0.3) is 0 Å². The number of allylic oxidation sites excluding steroid dienone is 1. The lowest BCUT2D eigenvalue weighted by atomic mass is 10.0. The first-order valence-electron chi connectivity index (χ1n) is 5.11. The average Bonchev–Trinajstić information content (AvgIpc) is 2.06. The predicted molar refractivity (Wildman–Crippen MR) is 58.7 cm³/mol. The standard InChI is InChI=1S/C11H20S/c1-3-7-10(2)12-11-8-5-4-6-9-11/h3,7,10-11H,4-6,8-9H2,1-2H3/b7-3+. The first-order valence-corrected chi connectivity index (χ1v) is 6.05. The smallest absolute Gasteiger partial charge is 0.0201 e. The van der Waals surface area contributed by atoms with E-state index < -0.39 is 0 Å². The van der Waals surface area contributed by atoms with Gasteiger partial charge in [0, 0.05) is 10.5 Å². The van der Waals surface area contributed by atoms with Crippen molar-refractivity contribution in [3.05, 3.63) is 12.2 Å². The lowest BCUT2D eigenvalue weighted by Gasteiger charge is -2.22. The Balaban J connectivity index is 2.19. The molecular formula is C11H20S. The maximum Gasteiger partial charge on any atom is 0.0201 e. The zero-order valence-electron chi connectivity index (χ0n) is 8.25. The van der Waals surface area contributed by atoms with E-state index in [0.29, 0.717) is 0 Å². The van der Waals surface area contributed by atoms with Crippen molar-refractivity contribution in [1.29, 1.82) is 0 Å². The van der Waals surface area contributed by atoms with Crippen LogP contribution in [0.4, 0.5) is 0 Å². The Labute approximate surface area is 80.8 Å². The highest BCUT2D eigenvalue weighted by molar-refractivity contribution is 8.00. The maximum atomic E-state index is 2.30. The number of rotatable bonds is 3. The van der Waals surface area contributed by atoms with Crippen LogP contribution < -0.4 is 0 Å². The third-order valence-electron chi connectivity index (χ3n) is 2.42. The molecule has 1 saturated carbocycles. The van der Waals surface area contributed by atoms with E-state index in [9.17, 15) is 0 Å². The molecule has 70 valence electrons. The third-order valence-corrected chi connectivity index (χ3v) is 3.87. The molecule has 1 atom stereocenters. The van der Waals surface area contributed by atoms with Crippen LogP contribution in [0.25, 0.3) is 0 Å². The highest BCUT2D eigenvalue weighted by Gasteiger charge is 2.15. The van der Waals surface area contributed by atoms with Gasteiger partial charge in [-0.3, -0.25) is 0 Å². The second kappa shape index (κ2) is 5.69. The predicted octanol–water partition coefficient (Wildman–Crippen LogP) is 4.02. The molecule has 0 amide bonds. The van der Waals surface area contributed by atoms with Crippen molar-refractivity contribution < 1.29 is 0 Å². The largest absolute Gasteiger partial charge is 0.151 e. The summed E-state index contributed by atoms with van der Waals surface area (Å²) in [5, 5.41) is 1.67. The topological polar surface area (TPSA) is 0 Å². The minimum absolute atomic E-state index is 0.720. The summed E-state index contributed by atoms with van der Waals surface area (Å²) in [6.07, 6.45) is 11.8. The van der Waals surface area contributed by atoms with Gasteiger partial charge in [0.15, 0.2) is 0 Å². The van der Waals surface area contributed by atoms with Gasteiger partial charge < -0.3 is 0 Å². The van der Waals surface area contributed by atoms with E-state index in [1.165, 1.54) is 32.1 Å². The molecule has 1 rings (SSSR count). The fraction of sp³-hybridized carbons (Fsp3) is 0.818. The summed E-state index contributed by atoms with van der Waals surface area (Å²) in [7, 11) is 0. The molecular weight excluding hydrogens is 164 g/mol. The van der Waals surface area contributed by atoms with Crippen LogP contribution in [0.2, 0.25) is 0 Å². The SMILES string of the molecule is C/C=C/C(C)SC1CCCCC1. The van der Waals surface area contributed by atoms with Crippen molar-refractivity contribution in [3.8, 4) is 0 Å². The van der Waals surface area contributed by atoms with E-state index in [-0.39, 0.29) is 0 Å². The van der Waals surface area contributed by atoms with Crippen molar-refractivity contribution in [2.45, 2.75) is 56.5 Å². The summed E-state index contributed by atoms with van der Waals surface area (Å²) in [5.74, 6) is 0. The van der Waals surface area contributed by atoms with Crippen LogP contribution in [0.3, 0.4) is 0 Å². The molecule has 0 N–H and O–H groups in total. The molecule has 1 unspecified atom stereocenters. The Kier molecular flexibility index (Phi) is 4.82. The van der Waals surface area contributed by atoms with Gasteiger partial charge in [-0.15, -0.1) is 0 Å². The fourth-order valence-corrected chi connectivity index (χ4v) is 3.28. The molecule has 0 aliphatic heterocycles. The Morgan fingerprint density at radius 2 is 1.92 bits per heavy atom. The Morgan fingerprint density at radius 1 is 1.25 bits per heavy atom. The Hall–Kier alpha value is 0.0900. The van der Waals surface area contributed by atoms with Crippen molar-refractivity contribution in [2.75, 3.05) is 0 Å². The van der Waals surface area contributed by atoms with E-state index in [2.05, 4.69) is 37.8 Å². The molecule has 0 nitrogen and oxygen atoms in total. The van der Waals surface area contributed by atoms with Crippen LogP contribution in [0, 0.1) is 0 Å². The fourth-order valence-electron chi connectivity index (χ4n) is 1.82. The highest BCUT2D eigenvalue weighted by atomic mass is 32.2. The van der Waals surface area contributed by atoms with E-state index >= 15 is 0 Å². The molecule has 1 fully saturated rings. The second-order valence-electron chi connectivity index (χ2n) is 3.63. The average molecular weight is 184 g/mol. The van der Waals surface area contributed by atoms with Gasteiger partial charge in [0.05, 0.1) is 0 Å². The monoisotopic (exact) mass is 184 g/mol. The number of hydrogen-bond donors (Lipinski definition) is 0. The van der Waals surface area contributed by atoms with Crippen LogP contribution in [-0.4, -0.2) is 10.5 Å². The van der Waals surface area contributed by atoms with Crippen LogP contribution in [-0.2, 0) is 0 Å². The van der Waals surface area contributed by atoms with Crippen LogP contribution in [0.1, 0.15) is 46.0 Å². The molecule has 0 radical (unpaired) electrons. The minimum atomic E-state index is 0.720. The quantitative estimate of drug-likeness (QED) is 0.597. The molecule has 1 aliphatic carbocycles. The third kappa shape index (κ3) is 3.66. The first-order chi connectivity index (χ1) is 5.83. The summed E-state index contributed by atoms with van der Waals surface area (Å²) < 4.78 is 0. The molecule has 1 aliphatic rings. The molecule has 0 bridgehead atoms. The highest BCUT2D eigenvalue weighted by Crippen LogP contribution is 2.31. The van der Waals surface area contributed by atoms with E-state index in [0.717, 1.165) is 10.5 Å². The van der Waals surface area contributed by atoms with Gasteiger partial charge in [-0.05, 0) is 26.7 Å². The minimum Gasteiger partial charge on any atom is -0.151 e. The lowest BCUT2D eigenvalue weighted by molar-refractivity contribution is 0.515. The van der Waals surface area contributed by atoms with Crippen molar-refractivity contribution in [1.82, 2.24) is 0 Å². The molecule has 1 heteroatoms. The summed E-state index contributed by atoms with van der Waals surface area (Å²) in [6.45, 7) is 4.41. The van der Waals surface area contributed by atoms with Gasteiger partial charge in [-0.1, -0.05) is 31.4 Å². The summed E-state index contributed by atoms with van der Waals surface area (Å²) in [4.78, 5) is 0. The summed E-state index contributed by atoms with van der Waals surface area (Å²) >= 11 is 2.16. The van der Waals surface area contributed by atoms with Gasteiger partial charge in [0.1, 0.15) is 0 Å². The van der Waals surface area contributed by atoms with E-state index in [4.69, 9.17) is 0 Å². The Bertz CT molecular complexity index is 134. The van der Waals surface area contributed by atoms with Gasteiger partial charge in [-0.25, -0.2) is 0 Å². The summed E-state index contributed by atoms with van der Waals surface area (Å²) in [5.41, 5.74) is 0. The summed E-state index contributed by atoms with van der Waals surface area (Å²) in [6, 6.07) is 0. The molecule has 0 heterocycles. The molecule has 0 aromatic carbocycles. The van der Waals surface area contributed by atoms with Gasteiger partial charge in [-0.2, -0.15) is 11.8 Å². The lowest BCUT2D eigenvalue weighted by Crippen LogP contribution is -2.11. The maximum absolute atomic E-state index is 2.30. The molecule has 0 saturated heterocycles. The molecule has 0 aromatic heterocycles. The normalized spacial score (nSPS) is 23.2. The zero-order chi connectivity index (χ0) is 8.81. The van der Waals surface area contributed by atoms with E-state index in [1.54, 1.807) is 0 Å². The van der Waals surface area contributed by atoms with Gasteiger partial charge >= 0.3 is 0 Å².